The minimum absolute atomic E-state index is 0.505. The Morgan fingerprint density at radius 3 is 2.68 bits per heavy atom. The van der Waals surface area contributed by atoms with Gasteiger partial charge in [0.05, 0.1) is 18.1 Å². The van der Waals surface area contributed by atoms with E-state index in [0.717, 1.165) is 16.9 Å². The summed E-state index contributed by atoms with van der Waals surface area (Å²) in [7, 11) is 0. The van der Waals surface area contributed by atoms with Gasteiger partial charge in [0.25, 0.3) is 0 Å². The van der Waals surface area contributed by atoms with Crippen LogP contribution in [-0.2, 0) is 0 Å². The number of nitrogens with one attached hydrogen (secondary N) is 1. The summed E-state index contributed by atoms with van der Waals surface area (Å²) in [5.41, 5.74) is 2.50. The smallest absolute Gasteiger partial charge is 0.250 e. The molecule has 0 unspecified atom stereocenters. The molecule has 0 fully saturated rings. The molecular weight excluding hydrogens is 316 g/mol. The van der Waals surface area contributed by atoms with E-state index in [-0.39, 0.29) is 0 Å². The second-order valence-electron chi connectivity index (χ2n) is 5.31. The van der Waals surface area contributed by atoms with E-state index in [1.165, 1.54) is 0 Å². The maximum absolute atomic E-state index is 4.55. The number of pyridine rings is 1. The summed E-state index contributed by atoms with van der Waals surface area (Å²) in [4.78, 5) is 21.5. The first-order valence-corrected chi connectivity index (χ1v) is 7.63. The van der Waals surface area contributed by atoms with Crippen molar-refractivity contribution in [1.29, 1.82) is 0 Å². The Morgan fingerprint density at radius 2 is 1.88 bits per heavy atom. The Balaban J connectivity index is 1.61. The highest BCUT2D eigenvalue weighted by Crippen LogP contribution is 2.20. The van der Waals surface area contributed by atoms with E-state index in [2.05, 4.69) is 35.3 Å². The van der Waals surface area contributed by atoms with Crippen LogP contribution in [0.25, 0.3) is 17.3 Å². The van der Waals surface area contributed by atoms with Crippen LogP contribution in [-0.4, -0.2) is 34.7 Å². The summed E-state index contributed by atoms with van der Waals surface area (Å²) < 4.78 is 1.60. The van der Waals surface area contributed by atoms with Crippen molar-refractivity contribution in [3.63, 3.8) is 0 Å². The van der Waals surface area contributed by atoms with Crippen LogP contribution in [0.2, 0.25) is 0 Å². The van der Waals surface area contributed by atoms with E-state index in [9.17, 15) is 0 Å². The van der Waals surface area contributed by atoms with Crippen molar-refractivity contribution in [1.82, 2.24) is 34.7 Å². The van der Waals surface area contributed by atoms with Crippen LogP contribution in [0.1, 0.15) is 5.69 Å². The second kappa shape index (κ2) is 6.44. The Hall–Kier alpha value is -3.68. The zero-order chi connectivity index (χ0) is 17.1. The first kappa shape index (κ1) is 14.9. The highest BCUT2D eigenvalue weighted by molar-refractivity contribution is 5.60. The zero-order valence-electron chi connectivity index (χ0n) is 13.4. The number of nitrogens with zero attached hydrogens (tertiary/aromatic N) is 7. The summed E-state index contributed by atoms with van der Waals surface area (Å²) >= 11 is 0. The number of aryl methyl sites for hydroxylation is 1. The topological polar surface area (TPSA) is 94.3 Å². The van der Waals surface area contributed by atoms with Crippen molar-refractivity contribution in [2.75, 3.05) is 5.32 Å². The molecule has 0 bridgehead atoms. The number of anilines is 2. The summed E-state index contributed by atoms with van der Waals surface area (Å²) in [6, 6.07) is 7.42. The van der Waals surface area contributed by atoms with Gasteiger partial charge in [-0.25, -0.2) is 24.6 Å². The molecule has 4 heterocycles. The van der Waals surface area contributed by atoms with Gasteiger partial charge < -0.3 is 5.32 Å². The van der Waals surface area contributed by atoms with Crippen LogP contribution in [0, 0.1) is 6.92 Å². The number of aromatic nitrogens is 7. The molecule has 8 heteroatoms. The van der Waals surface area contributed by atoms with Gasteiger partial charge in [-0.3, -0.25) is 4.98 Å². The molecule has 0 aliphatic rings. The van der Waals surface area contributed by atoms with Crippen LogP contribution < -0.4 is 5.32 Å². The van der Waals surface area contributed by atoms with Crippen LogP contribution in [0.5, 0.6) is 0 Å². The molecule has 0 saturated carbocycles. The van der Waals surface area contributed by atoms with Crippen molar-refractivity contribution in [3.05, 3.63) is 67.1 Å². The largest absolute Gasteiger partial charge is 0.338 e. The van der Waals surface area contributed by atoms with Crippen molar-refractivity contribution in [3.8, 4) is 17.3 Å². The third-order valence-electron chi connectivity index (χ3n) is 3.39. The fourth-order valence-corrected chi connectivity index (χ4v) is 2.31. The summed E-state index contributed by atoms with van der Waals surface area (Å²) in [6.07, 6.45) is 10.3. The normalized spacial score (nSPS) is 10.6. The van der Waals surface area contributed by atoms with Gasteiger partial charge in [-0.1, -0.05) is 0 Å². The molecule has 0 aliphatic heterocycles. The maximum atomic E-state index is 4.55. The number of hydrogen-bond donors (Lipinski definition) is 1. The highest BCUT2D eigenvalue weighted by Gasteiger charge is 2.07. The molecule has 4 rings (SSSR count). The van der Waals surface area contributed by atoms with E-state index in [1.807, 2.05) is 25.1 Å². The van der Waals surface area contributed by atoms with E-state index >= 15 is 0 Å². The lowest BCUT2D eigenvalue weighted by Gasteiger charge is -2.07. The molecule has 0 spiro atoms. The predicted octanol–water partition coefficient (Wildman–Crippen LogP) is 2.57. The van der Waals surface area contributed by atoms with Gasteiger partial charge in [0, 0.05) is 42.1 Å². The van der Waals surface area contributed by atoms with E-state index in [0.29, 0.717) is 17.6 Å². The minimum Gasteiger partial charge on any atom is -0.338 e. The number of hydrogen-bond acceptors (Lipinski definition) is 7. The summed E-state index contributed by atoms with van der Waals surface area (Å²) in [5, 5.41) is 7.50. The van der Waals surface area contributed by atoms with Gasteiger partial charge in [0.2, 0.25) is 5.95 Å². The zero-order valence-corrected chi connectivity index (χ0v) is 13.4. The minimum atomic E-state index is 0.505. The Labute approximate surface area is 143 Å². The first-order chi connectivity index (χ1) is 12.3. The van der Waals surface area contributed by atoms with E-state index in [4.69, 9.17) is 0 Å². The van der Waals surface area contributed by atoms with Crippen LogP contribution in [0.4, 0.5) is 11.5 Å². The number of rotatable bonds is 4. The fraction of sp³-hybridized carbons (Fsp3) is 0.0588. The molecule has 0 amide bonds. The predicted molar refractivity (Wildman–Crippen MR) is 92.4 cm³/mol. The third kappa shape index (κ3) is 3.32. The molecule has 1 N–H and O–H groups in total. The monoisotopic (exact) mass is 330 g/mol. The molecule has 0 radical (unpaired) electrons. The van der Waals surface area contributed by atoms with Crippen molar-refractivity contribution >= 4 is 11.5 Å². The molecule has 8 nitrogen and oxygen atoms in total. The lowest BCUT2D eigenvalue weighted by molar-refractivity contribution is 0.808. The summed E-state index contributed by atoms with van der Waals surface area (Å²) in [5.74, 6) is 1.81. The molecule has 25 heavy (non-hydrogen) atoms. The van der Waals surface area contributed by atoms with Crippen molar-refractivity contribution in [2.45, 2.75) is 6.92 Å². The standard InChI is InChI=1S/C17H14N8/c1-12-8-15(24-16(22-12)13-4-2-5-18-9-13)23-14-10-21-25(11-14)17-19-6-3-7-20-17/h2-11H,1H3,(H,22,23,24). The lowest BCUT2D eigenvalue weighted by atomic mass is 10.2. The average molecular weight is 330 g/mol. The van der Waals surface area contributed by atoms with E-state index in [1.54, 1.807) is 47.9 Å². The second-order valence-corrected chi connectivity index (χ2v) is 5.31. The van der Waals surface area contributed by atoms with Gasteiger partial charge in [-0.2, -0.15) is 5.10 Å². The quantitative estimate of drug-likeness (QED) is 0.614. The van der Waals surface area contributed by atoms with Crippen LogP contribution >= 0.6 is 0 Å². The van der Waals surface area contributed by atoms with Crippen molar-refractivity contribution < 1.29 is 0 Å². The highest BCUT2D eigenvalue weighted by atomic mass is 15.3. The third-order valence-corrected chi connectivity index (χ3v) is 3.39. The van der Waals surface area contributed by atoms with Crippen LogP contribution in [0.3, 0.4) is 0 Å². The SMILES string of the molecule is Cc1cc(Nc2cnn(-c3ncccn3)c2)nc(-c2cccnc2)n1. The molecule has 4 aromatic heterocycles. The van der Waals surface area contributed by atoms with Gasteiger partial charge in [0.15, 0.2) is 5.82 Å². The Kier molecular flexibility index (Phi) is 3.83. The molecule has 4 aromatic rings. The summed E-state index contributed by atoms with van der Waals surface area (Å²) in [6.45, 7) is 1.92. The van der Waals surface area contributed by atoms with Gasteiger partial charge >= 0.3 is 0 Å². The molecule has 122 valence electrons. The van der Waals surface area contributed by atoms with E-state index < -0.39 is 0 Å². The molecule has 0 aliphatic carbocycles. The molecular formula is C17H14N8. The van der Waals surface area contributed by atoms with Gasteiger partial charge in [-0.05, 0) is 25.1 Å². The van der Waals surface area contributed by atoms with Crippen molar-refractivity contribution in [2.24, 2.45) is 0 Å². The van der Waals surface area contributed by atoms with Gasteiger partial charge in [-0.15, -0.1) is 0 Å². The fourth-order valence-electron chi connectivity index (χ4n) is 2.31. The Bertz CT molecular complexity index is 982. The Morgan fingerprint density at radius 1 is 1.00 bits per heavy atom. The molecule has 0 aromatic carbocycles. The molecule has 0 saturated heterocycles. The van der Waals surface area contributed by atoms with Gasteiger partial charge in [0.1, 0.15) is 5.82 Å². The first-order valence-electron chi connectivity index (χ1n) is 7.63. The lowest BCUT2D eigenvalue weighted by Crippen LogP contribution is -2.00. The maximum Gasteiger partial charge on any atom is 0.250 e. The van der Waals surface area contributed by atoms with Crippen LogP contribution in [0.15, 0.2) is 61.4 Å². The molecule has 0 atom stereocenters. The average Bonchev–Trinajstić information content (AvgIpc) is 3.11.